The largest absolute Gasteiger partial charge is 0.392 e. The zero-order valence-electron chi connectivity index (χ0n) is 11.9. The van der Waals surface area contributed by atoms with Gasteiger partial charge in [-0.05, 0) is 53.4 Å². The first kappa shape index (κ1) is 13.5. The van der Waals surface area contributed by atoms with E-state index in [2.05, 4.69) is 27.7 Å². The molecule has 0 heterocycles. The van der Waals surface area contributed by atoms with Crippen LogP contribution in [-0.2, 0) is 6.42 Å². The molecule has 2 heteroatoms. The number of rotatable bonds is 3. The van der Waals surface area contributed by atoms with Crippen molar-refractivity contribution in [2.45, 2.75) is 47.1 Å². The van der Waals surface area contributed by atoms with E-state index < -0.39 is 0 Å². The average Bonchev–Trinajstić information content (AvgIpc) is 2.62. The Balaban J connectivity index is 2.12. The Hall–Kier alpha value is -0.890. The van der Waals surface area contributed by atoms with Gasteiger partial charge in [0, 0.05) is 0 Å². The minimum atomic E-state index is -0.348. The Labute approximate surface area is 109 Å². The lowest BCUT2D eigenvalue weighted by Crippen LogP contribution is -2.18. The maximum atomic E-state index is 13.0. The minimum absolute atomic E-state index is 0.181. The van der Waals surface area contributed by atoms with Gasteiger partial charge in [-0.15, -0.1) is 0 Å². The summed E-state index contributed by atoms with van der Waals surface area (Å²) < 4.78 is 13.0. The van der Waals surface area contributed by atoms with Gasteiger partial charge in [-0.25, -0.2) is 4.39 Å². The number of aliphatic hydroxyl groups excluding tert-OH is 1. The fraction of sp³-hybridized carbons (Fsp3) is 0.625. The second-order valence-corrected chi connectivity index (χ2v) is 6.76. The molecule has 18 heavy (non-hydrogen) atoms. The molecule has 1 atom stereocenters. The van der Waals surface area contributed by atoms with E-state index in [1.807, 2.05) is 6.92 Å². The average molecular weight is 250 g/mol. The summed E-state index contributed by atoms with van der Waals surface area (Å²) in [4.78, 5) is 0. The third-order valence-electron chi connectivity index (χ3n) is 5.25. The van der Waals surface area contributed by atoms with Crippen LogP contribution in [0.2, 0.25) is 0 Å². The molecule has 0 aromatic heterocycles. The van der Waals surface area contributed by atoms with Gasteiger partial charge >= 0.3 is 0 Å². The smallest absolute Gasteiger partial charge is 0.123 e. The number of aliphatic hydroxyl groups is 1. The van der Waals surface area contributed by atoms with Crippen LogP contribution in [0.4, 0.5) is 4.39 Å². The molecule has 1 fully saturated rings. The SMILES string of the molecule is Cc1cc(F)ccc1CC(O)C1C(C)(C)C1(C)C. The number of hydrogen-bond donors (Lipinski definition) is 1. The number of aryl methyl sites for hydroxylation is 1. The summed E-state index contributed by atoms with van der Waals surface area (Å²) in [5, 5.41) is 10.4. The van der Waals surface area contributed by atoms with E-state index in [0.717, 1.165) is 11.1 Å². The second kappa shape index (κ2) is 4.06. The predicted octanol–water partition coefficient (Wildman–Crippen LogP) is 3.72. The molecule has 1 aromatic rings. The molecule has 1 aliphatic carbocycles. The molecule has 0 spiro atoms. The van der Waals surface area contributed by atoms with Crippen LogP contribution in [0, 0.1) is 29.5 Å². The summed E-state index contributed by atoms with van der Waals surface area (Å²) >= 11 is 0. The molecule has 1 aromatic carbocycles. The Morgan fingerprint density at radius 1 is 1.22 bits per heavy atom. The van der Waals surface area contributed by atoms with E-state index >= 15 is 0 Å². The van der Waals surface area contributed by atoms with Gasteiger partial charge in [0.25, 0.3) is 0 Å². The summed E-state index contributed by atoms with van der Waals surface area (Å²) in [6.45, 7) is 10.7. The van der Waals surface area contributed by atoms with E-state index in [4.69, 9.17) is 0 Å². The first-order chi connectivity index (χ1) is 8.18. The fourth-order valence-electron chi connectivity index (χ4n) is 3.44. The maximum Gasteiger partial charge on any atom is 0.123 e. The van der Waals surface area contributed by atoms with Crippen molar-refractivity contribution in [3.63, 3.8) is 0 Å². The van der Waals surface area contributed by atoms with Crippen LogP contribution in [0.3, 0.4) is 0 Å². The third-order valence-corrected chi connectivity index (χ3v) is 5.25. The highest BCUT2D eigenvalue weighted by Gasteiger charge is 2.66. The summed E-state index contributed by atoms with van der Waals surface area (Å²) in [6, 6.07) is 4.79. The lowest BCUT2D eigenvalue weighted by molar-refractivity contribution is 0.129. The van der Waals surface area contributed by atoms with Gasteiger partial charge in [0.05, 0.1) is 6.10 Å². The van der Waals surface area contributed by atoms with Crippen LogP contribution in [0.1, 0.15) is 38.8 Å². The van der Waals surface area contributed by atoms with Crippen LogP contribution in [0.15, 0.2) is 18.2 Å². The molecule has 0 bridgehead atoms. The molecule has 1 unspecified atom stereocenters. The normalized spacial score (nSPS) is 22.8. The van der Waals surface area contributed by atoms with Crippen molar-refractivity contribution in [3.05, 3.63) is 35.1 Å². The summed E-state index contributed by atoms with van der Waals surface area (Å²) in [6.07, 6.45) is 0.267. The van der Waals surface area contributed by atoms with Crippen LogP contribution in [0.5, 0.6) is 0 Å². The Morgan fingerprint density at radius 3 is 2.22 bits per heavy atom. The highest BCUT2D eigenvalue weighted by molar-refractivity contribution is 5.28. The van der Waals surface area contributed by atoms with Crippen molar-refractivity contribution in [1.29, 1.82) is 0 Å². The Bertz CT molecular complexity index is 448. The standard InChI is InChI=1S/C16H23FO/c1-10-8-12(17)7-6-11(10)9-13(18)14-15(2,3)16(14,4)5/h6-8,13-14,18H,9H2,1-5H3. The number of benzene rings is 1. The van der Waals surface area contributed by atoms with E-state index in [1.54, 1.807) is 6.07 Å². The van der Waals surface area contributed by atoms with Crippen molar-refractivity contribution in [2.24, 2.45) is 16.7 Å². The Morgan fingerprint density at radius 2 is 1.78 bits per heavy atom. The third kappa shape index (κ3) is 1.97. The number of halogens is 1. The molecular weight excluding hydrogens is 227 g/mol. The molecular formula is C16H23FO. The van der Waals surface area contributed by atoms with Gasteiger partial charge in [-0.2, -0.15) is 0 Å². The van der Waals surface area contributed by atoms with E-state index in [9.17, 15) is 9.50 Å². The molecule has 0 aliphatic heterocycles. The van der Waals surface area contributed by atoms with Crippen LogP contribution in [0.25, 0.3) is 0 Å². The molecule has 0 saturated heterocycles. The summed E-state index contributed by atoms with van der Waals surface area (Å²) in [7, 11) is 0. The van der Waals surface area contributed by atoms with Crippen LogP contribution >= 0.6 is 0 Å². The topological polar surface area (TPSA) is 20.2 Å². The van der Waals surface area contributed by atoms with Crippen molar-refractivity contribution < 1.29 is 9.50 Å². The summed E-state index contributed by atoms with van der Waals surface area (Å²) in [5.41, 5.74) is 2.33. The zero-order chi connectivity index (χ0) is 13.7. The number of hydrogen-bond acceptors (Lipinski definition) is 1. The van der Waals surface area contributed by atoms with Crippen molar-refractivity contribution in [3.8, 4) is 0 Å². The molecule has 1 aliphatic rings. The second-order valence-electron chi connectivity index (χ2n) is 6.76. The van der Waals surface area contributed by atoms with Crippen LogP contribution < -0.4 is 0 Å². The highest BCUT2D eigenvalue weighted by Crippen LogP contribution is 2.69. The van der Waals surface area contributed by atoms with Crippen molar-refractivity contribution in [1.82, 2.24) is 0 Å². The van der Waals surface area contributed by atoms with Gasteiger partial charge < -0.3 is 5.11 Å². The molecule has 1 N–H and O–H groups in total. The van der Waals surface area contributed by atoms with Gasteiger partial charge in [-0.1, -0.05) is 33.8 Å². The minimum Gasteiger partial charge on any atom is -0.392 e. The van der Waals surface area contributed by atoms with E-state index in [-0.39, 0.29) is 22.8 Å². The fourth-order valence-corrected chi connectivity index (χ4v) is 3.44. The van der Waals surface area contributed by atoms with Crippen molar-refractivity contribution in [2.75, 3.05) is 0 Å². The lowest BCUT2D eigenvalue weighted by Gasteiger charge is -2.14. The Kier molecular flexibility index (Phi) is 3.05. The first-order valence-electron chi connectivity index (χ1n) is 6.61. The van der Waals surface area contributed by atoms with Gasteiger partial charge in [0.2, 0.25) is 0 Å². The molecule has 1 saturated carbocycles. The van der Waals surface area contributed by atoms with E-state index in [0.29, 0.717) is 12.3 Å². The van der Waals surface area contributed by atoms with Crippen molar-refractivity contribution >= 4 is 0 Å². The van der Waals surface area contributed by atoms with E-state index in [1.165, 1.54) is 12.1 Å². The van der Waals surface area contributed by atoms with Crippen LogP contribution in [-0.4, -0.2) is 11.2 Å². The molecule has 0 radical (unpaired) electrons. The summed E-state index contributed by atoms with van der Waals surface area (Å²) in [5.74, 6) is 0.104. The molecule has 0 amide bonds. The van der Waals surface area contributed by atoms with Gasteiger partial charge in [0.1, 0.15) is 5.82 Å². The van der Waals surface area contributed by atoms with Gasteiger partial charge in [0.15, 0.2) is 0 Å². The maximum absolute atomic E-state index is 13.0. The monoisotopic (exact) mass is 250 g/mol. The quantitative estimate of drug-likeness (QED) is 0.867. The lowest BCUT2D eigenvalue weighted by atomic mass is 9.97. The predicted molar refractivity (Wildman–Crippen MR) is 71.9 cm³/mol. The first-order valence-corrected chi connectivity index (χ1v) is 6.61. The highest BCUT2D eigenvalue weighted by atomic mass is 19.1. The molecule has 1 nitrogen and oxygen atoms in total. The van der Waals surface area contributed by atoms with Gasteiger partial charge in [-0.3, -0.25) is 0 Å². The zero-order valence-corrected chi connectivity index (χ0v) is 11.9. The molecule has 2 rings (SSSR count). The molecule has 100 valence electrons.